The van der Waals surface area contributed by atoms with Crippen LogP contribution in [0.5, 0.6) is 0 Å². The van der Waals surface area contributed by atoms with Gasteiger partial charge in [0.1, 0.15) is 17.5 Å². The van der Waals surface area contributed by atoms with Crippen LogP contribution in [0.3, 0.4) is 0 Å². The van der Waals surface area contributed by atoms with Gasteiger partial charge in [0.25, 0.3) is 0 Å². The van der Waals surface area contributed by atoms with Crippen molar-refractivity contribution in [3.05, 3.63) is 34.5 Å². The molecule has 0 spiro atoms. The molecular weight excluding hydrogens is 331 g/mol. The molecule has 0 bridgehead atoms. The number of benzene rings is 1. The summed E-state index contributed by atoms with van der Waals surface area (Å²) < 4.78 is 29.5. The van der Waals surface area contributed by atoms with Crippen molar-refractivity contribution in [3.8, 4) is 0 Å². The highest BCUT2D eigenvalue weighted by molar-refractivity contribution is 9.10. The van der Waals surface area contributed by atoms with Crippen LogP contribution in [-0.2, 0) is 19.8 Å². The van der Waals surface area contributed by atoms with Gasteiger partial charge < -0.3 is 13.5 Å². The fraction of sp³-hybridized carbons (Fsp3) is 0.385. The SMILES string of the molecule is CCOP(=O)(Cc1cc2ccc(Br)cc2o1)OCC. The summed E-state index contributed by atoms with van der Waals surface area (Å²) >= 11 is 3.39. The van der Waals surface area contributed by atoms with E-state index in [1.54, 1.807) is 13.8 Å². The van der Waals surface area contributed by atoms with Gasteiger partial charge in [0.15, 0.2) is 0 Å². The molecule has 4 nitrogen and oxygen atoms in total. The lowest BCUT2D eigenvalue weighted by atomic mass is 10.2. The monoisotopic (exact) mass is 346 g/mol. The molecule has 2 rings (SSSR count). The average Bonchev–Trinajstić information content (AvgIpc) is 2.70. The first-order valence-corrected chi connectivity index (χ1v) is 8.64. The lowest BCUT2D eigenvalue weighted by Gasteiger charge is -2.15. The standard InChI is InChI=1S/C13H16BrO4P/c1-3-16-19(15,17-4-2)9-12-7-10-5-6-11(14)8-13(10)18-12/h5-8H,3-4,9H2,1-2H3. The van der Waals surface area contributed by atoms with Crippen molar-refractivity contribution in [2.45, 2.75) is 20.0 Å². The highest BCUT2D eigenvalue weighted by Gasteiger charge is 2.26. The molecule has 104 valence electrons. The Balaban J connectivity index is 2.26. The van der Waals surface area contributed by atoms with Gasteiger partial charge >= 0.3 is 7.60 Å². The van der Waals surface area contributed by atoms with Gasteiger partial charge in [-0.1, -0.05) is 15.9 Å². The van der Waals surface area contributed by atoms with Crippen molar-refractivity contribution in [2.24, 2.45) is 0 Å². The van der Waals surface area contributed by atoms with Gasteiger partial charge in [-0.25, -0.2) is 0 Å². The molecule has 0 aliphatic carbocycles. The van der Waals surface area contributed by atoms with Gasteiger partial charge in [-0.15, -0.1) is 0 Å². The van der Waals surface area contributed by atoms with Crippen molar-refractivity contribution >= 4 is 34.5 Å². The molecule has 0 radical (unpaired) electrons. The van der Waals surface area contributed by atoms with E-state index < -0.39 is 7.60 Å². The Bertz CT molecular complexity index is 598. The fourth-order valence-electron chi connectivity index (χ4n) is 1.85. The molecule has 0 fully saturated rings. The number of furan rings is 1. The normalized spacial score (nSPS) is 12.2. The molecule has 1 aromatic heterocycles. The summed E-state index contributed by atoms with van der Waals surface area (Å²) in [7, 11) is -3.11. The highest BCUT2D eigenvalue weighted by Crippen LogP contribution is 2.51. The molecule has 1 heterocycles. The first kappa shape index (κ1) is 14.8. The highest BCUT2D eigenvalue weighted by atomic mass is 79.9. The van der Waals surface area contributed by atoms with Gasteiger partial charge in [0, 0.05) is 9.86 Å². The number of rotatable bonds is 6. The molecule has 0 aliphatic rings. The summed E-state index contributed by atoms with van der Waals surface area (Å²) in [6.07, 6.45) is 0.154. The van der Waals surface area contributed by atoms with Gasteiger partial charge in [-0.2, -0.15) is 0 Å². The van der Waals surface area contributed by atoms with Crippen molar-refractivity contribution in [3.63, 3.8) is 0 Å². The van der Waals surface area contributed by atoms with Crippen molar-refractivity contribution < 1.29 is 18.0 Å². The van der Waals surface area contributed by atoms with E-state index in [0.29, 0.717) is 19.0 Å². The summed E-state index contributed by atoms with van der Waals surface area (Å²) in [4.78, 5) is 0. The summed E-state index contributed by atoms with van der Waals surface area (Å²) in [5.41, 5.74) is 0.754. The quantitative estimate of drug-likeness (QED) is 0.693. The Morgan fingerprint density at radius 2 is 1.89 bits per heavy atom. The molecule has 0 N–H and O–H groups in total. The Labute approximate surface area is 120 Å². The number of hydrogen-bond acceptors (Lipinski definition) is 4. The molecule has 0 saturated carbocycles. The third-order valence-corrected chi connectivity index (χ3v) is 5.03. The van der Waals surface area contributed by atoms with Gasteiger partial charge in [-0.05, 0) is 38.1 Å². The molecule has 0 amide bonds. The maximum Gasteiger partial charge on any atom is 0.338 e. The van der Waals surface area contributed by atoms with E-state index in [9.17, 15) is 4.57 Å². The lowest BCUT2D eigenvalue weighted by molar-refractivity contribution is 0.217. The zero-order valence-electron chi connectivity index (χ0n) is 10.9. The molecule has 2 aromatic rings. The van der Waals surface area contributed by atoms with E-state index in [0.717, 1.165) is 15.4 Å². The van der Waals surface area contributed by atoms with E-state index in [4.69, 9.17) is 13.5 Å². The Morgan fingerprint density at radius 3 is 2.53 bits per heavy atom. The maximum absolute atomic E-state index is 12.4. The van der Waals surface area contributed by atoms with Crippen LogP contribution in [0.15, 0.2) is 33.2 Å². The van der Waals surface area contributed by atoms with Crippen LogP contribution in [0, 0.1) is 0 Å². The zero-order valence-corrected chi connectivity index (χ0v) is 13.4. The number of hydrogen-bond donors (Lipinski definition) is 0. The minimum absolute atomic E-state index is 0.154. The molecule has 1 aromatic carbocycles. The van der Waals surface area contributed by atoms with Crippen LogP contribution in [0.1, 0.15) is 19.6 Å². The third kappa shape index (κ3) is 3.69. The van der Waals surface area contributed by atoms with Crippen LogP contribution < -0.4 is 0 Å². The number of halogens is 1. The Kier molecular flexibility index (Phi) is 4.85. The maximum atomic E-state index is 12.4. The molecule has 0 unspecified atom stereocenters. The van der Waals surface area contributed by atoms with Gasteiger partial charge in [0.05, 0.1) is 13.2 Å². The fourth-order valence-corrected chi connectivity index (χ4v) is 3.77. The topological polar surface area (TPSA) is 48.7 Å². The second-order valence-corrected chi connectivity index (χ2v) is 6.97. The summed E-state index contributed by atoms with van der Waals surface area (Å²) in [6.45, 7) is 4.29. The Hall–Kier alpha value is -0.610. The van der Waals surface area contributed by atoms with E-state index in [1.165, 1.54) is 0 Å². The molecule has 0 saturated heterocycles. The second kappa shape index (κ2) is 6.23. The van der Waals surface area contributed by atoms with Gasteiger partial charge in [-0.3, -0.25) is 4.57 Å². The van der Waals surface area contributed by atoms with Gasteiger partial charge in [0.2, 0.25) is 0 Å². The number of fused-ring (bicyclic) bond motifs is 1. The Morgan fingerprint density at radius 1 is 1.21 bits per heavy atom. The largest absolute Gasteiger partial charge is 0.460 e. The molecule has 0 atom stereocenters. The van der Waals surface area contributed by atoms with Crippen molar-refractivity contribution in [1.82, 2.24) is 0 Å². The van der Waals surface area contributed by atoms with E-state index in [-0.39, 0.29) is 6.16 Å². The smallest absolute Gasteiger partial charge is 0.338 e. The van der Waals surface area contributed by atoms with E-state index >= 15 is 0 Å². The zero-order chi connectivity index (χ0) is 13.9. The minimum Gasteiger partial charge on any atom is -0.460 e. The summed E-state index contributed by atoms with van der Waals surface area (Å²) in [5, 5.41) is 0.970. The predicted octanol–water partition coefficient (Wildman–Crippen LogP) is 4.96. The molecule has 6 heteroatoms. The lowest BCUT2D eigenvalue weighted by Crippen LogP contribution is -1.98. The molecule has 0 aliphatic heterocycles. The minimum atomic E-state index is -3.11. The molecule has 19 heavy (non-hydrogen) atoms. The first-order chi connectivity index (χ1) is 9.06. The molecular formula is C13H16BrO4P. The predicted molar refractivity (Wildman–Crippen MR) is 78.5 cm³/mol. The summed E-state index contributed by atoms with van der Waals surface area (Å²) in [6, 6.07) is 7.63. The summed E-state index contributed by atoms with van der Waals surface area (Å²) in [5.74, 6) is 0.610. The van der Waals surface area contributed by atoms with E-state index in [1.807, 2.05) is 24.3 Å². The van der Waals surface area contributed by atoms with Crippen LogP contribution in [-0.4, -0.2) is 13.2 Å². The average molecular weight is 347 g/mol. The second-order valence-electron chi connectivity index (χ2n) is 4.00. The van der Waals surface area contributed by atoms with Crippen molar-refractivity contribution in [2.75, 3.05) is 13.2 Å². The van der Waals surface area contributed by atoms with E-state index in [2.05, 4.69) is 15.9 Å². The first-order valence-electron chi connectivity index (χ1n) is 6.12. The van der Waals surface area contributed by atoms with Crippen LogP contribution in [0.2, 0.25) is 0 Å². The van der Waals surface area contributed by atoms with Crippen molar-refractivity contribution in [1.29, 1.82) is 0 Å². The third-order valence-electron chi connectivity index (χ3n) is 2.53. The van der Waals surface area contributed by atoms with Crippen LogP contribution >= 0.6 is 23.5 Å². The van der Waals surface area contributed by atoms with Crippen LogP contribution in [0.4, 0.5) is 0 Å². The van der Waals surface area contributed by atoms with Crippen LogP contribution in [0.25, 0.3) is 11.0 Å².